The molecule has 0 fully saturated rings. The zero-order chi connectivity index (χ0) is 22.8. The van der Waals surface area contributed by atoms with Crippen molar-refractivity contribution < 1.29 is 14.3 Å². The van der Waals surface area contributed by atoms with Crippen LogP contribution < -0.4 is 10.3 Å². The Bertz CT molecular complexity index is 1360. The maximum Gasteiger partial charge on any atom is 0.342 e. The van der Waals surface area contributed by atoms with Gasteiger partial charge in [0, 0.05) is 11.6 Å². The van der Waals surface area contributed by atoms with Crippen molar-refractivity contribution in [1.82, 2.24) is 19.2 Å². The molecule has 8 nitrogen and oxygen atoms in total. The predicted molar refractivity (Wildman–Crippen MR) is 121 cm³/mol. The van der Waals surface area contributed by atoms with Crippen molar-refractivity contribution in [3.8, 4) is 5.75 Å². The van der Waals surface area contributed by atoms with Gasteiger partial charge in [-0.3, -0.25) is 13.8 Å². The molecule has 0 atom stereocenters. The minimum Gasteiger partial charge on any atom is -0.496 e. The lowest BCUT2D eigenvalue weighted by atomic mass is 10.1. The molecule has 0 radical (unpaired) electrons. The van der Waals surface area contributed by atoms with Crippen LogP contribution in [0, 0.1) is 5.92 Å². The molecule has 0 aliphatic carbocycles. The first-order chi connectivity index (χ1) is 15.4. The van der Waals surface area contributed by atoms with E-state index in [0.717, 1.165) is 6.42 Å². The Balaban J connectivity index is 1.74. The van der Waals surface area contributed by atoms with Crippen LogP contribution in [0.4, 0.5) is 0 Å². The van der Waals surface area contributed by atoms with Crippen LogP contribution in [0.3, 0.4) is 0 Å². The first-order valence-electron chi connectivity index (χ1n) is 10.3. The van der Waals surface area contributed by atoms with Crippen molar-refractivity contribution in [3.63, 3.8) is 0 Å². The summed E-state index contributed by atoms with van der Waals surface area (Å²) in [6, 6.07) is 12.0. The van der Waals surface area contributed by atoms with E-state index in [1.807, 2.05) is 18.2 Å². The Morgan fingerprint density at radius 2 is 1.94 bits per heavy atom. The number of esters is 1. The van der Waals surface area contributed by atoms with E-state index in [-0.39, 0.29) is 17.7 Å². The van der Waals surface area contributed by atoms with Gasteiger partial charge in [0.05, 0.1) is 18.0 Å². The number of para-hydroxylation sites is 1. The number of carbonyl (C=O) groups excluding carboxylic acids is 1. The van der Waals surface area contributed by atoms with E-state index in [4.69, 9.17) is 21.1 Å². The van der Waals surface area contributed by atoms with Gasteiger partial charge in [-0.05, 0) is 42.7 Å². The fourth-order valence-corrected chi connectivity index (χ4v) is 3.72. The standard InChI is InChI=1S/C23H23ClN4O4/c1-14(2)10-11-27-21(29)16-6-4-5-7-18(16)28-20(25-26-23(27)28)13-32-22(30)17-12-15(24)8-9-19(17)31-3/h4-9,12,14H,10-11,13H2,1-3H3. The third-order valence-electron chi connectivity index (χ3n) is 5.22. The molecule has 2 aromatic carbocycles. The number of aryl methyl sites for hydroxylation is 1. The van der Waals surface area contributed by atoms with Crippen molar-refractivity contribution in [1.29, 1.82) is 0 Å². The molecule has 0 aliphatic heterocycles. The van der Waals surface area contributed by atoms with E-state index >= 15 is 0 Å². The predicted octanol–water partition coefficient (Wildman–Crippen LogP) is 4.11. The third kappa shape index (κ3) is 4.05. The molecule has 0 saturated heterocycles. The fraction of sp³-hybridized carbons (Fsp3) is 0.304. The topological polar surface area (TPSA) is 87.7 Å². The summed E-state index contributed by atoms with van der Waals surface area (Å²) in [7, 11) is 1.47. The van der Waals surface area contributed by atoms with Gasteiger partial charge in [-0.1, -0.05) is 37.6 Å². The van der Waals surface area contributed by atoms with E-state index in [9.17, 15) is 9.59 Å². The molecule has 166 valence electrons. The summed E-state index contributed by atoms with van der Waals surface area (Å²) in [5, 5.41) is 9.41. The monoisotopic (exact) mass is 454 g/mol. The quantitative estimate of drug-likeness (QED) is 0.390. The molecule has 0 spiro atoms. The molecule has 32 heavy (non-hydrogen) atoms. The van der Waals surface area contributed by atoms with Gasteiger partial charge in [0.1, 0.15) is 11.3 Å². The molecule has 0 N–H and O–H groups in total. The minimum atomic E-state index is -0.599. The molecule has 2 aromatic heterocycles. The molecule has 0 aliphatic rings. The van der Waals surface area contributed by atoms with Gasteiger partial charge in [0.15, 0.2) is 12.4 Å². The van der Waals surface area contributed by atoms with Crippen LogP contribution in [0.2, 0.25) is 5.02 Å². The first-order valence-corrected chi connectivity index (χ1v) is 10.6. The Kier molecular flexibility index (Phi) is 6.14. The lowest BCUT2D eigenvalue weighted by molar-refractivity contribution is 0.0458. The van der Waals surface area contributed by atoms with Crippen LogP contribution in [-0.2, 0) is 17.9 Å². The summed E-state index contributed by atoms with van der Waals surface area (Å²) in [4.78, 5) is 25.8. The molecule has 4 aromatic rings. The zero-order valence-electron chi connectivity index (χ0n) is 18.0. The minimum absolute atomic E-state index is 0.117. The van der Waals surface area contributed by atoms with Crippen molar-refractivity contribution in [2.45, 2.75) is 33.4 Å². The van der Waals surface area contributed by atoms with Gasteiger partial charge in [-0.25, -0.2) is 4.79 Å². The second-order valence-corrected chi connectivity index (χ2v) is 8.27. The van der Waals surface area contributed by atoms with E-state index in [1.165, 1.54) is 13.2 Å². The molecule has 4 rings (SSSR count). The molecule has 0 bridgehead atoms. The van der Waals surface area contributed by atoms with E-state index in [0.29, 0.717) is 45.7 Å². The Labute approximate surface area is 189 Å². The number of aromatic nitrogens is 4. The van der Waals surface area contributed by atoms with Gasteiger partial charge in [-0.2, -0.15) is 0 Å². The number of nitrogens with zero attached hydrogens (tertiary/aromatic N) is 4. The average Bonchev–Trinajstić information content (AvgIpc) is 3.21. The fourth-order valence-electron chi connectivity index (χ4n) is 3.54. The second kappa shape index (κ2) is 9.00. The van der Waals surface area contributed by atoms with Crippen molar-refractivity contribution in [2.24, 2.45) is 5.92 Å². The summed E-state index contributed by atoms with van der Waals surface area (Å²) in [6.45, 7) is 4.58. The Morgan fingerprint density at radius 3 is 2.69 bits per heavy atom. The molecule has 0 saturated carbocycles. The summed E-state index contributed by atoms with van der Waals surface area (Å²) < 4.78 is 14.1. The van der Waals surface area contributed by atoms with Gasteiger partial charge < -0.3 is 9.47 Å². The number of hydrogen-bond donors (Lipinski definition) is 0. The maximum absolute atomic E-state index is 13.1. The van der Waals surface area contributed by atoms with E-state index < -0.39 is 5.97 Å². The van der Waals surface area contributed by atoms with Crippen LogP contribution in [0.5, 0.6) is 5.75 Å². The molecular weight excluding hydrogens is 432 g/mol. The van der Waals surface area contributed by atoms with Crippen molar-refractivity contribution in [2.75, 3.05) is 7.11 Å². The van der Waals surface area contributed by atoms with Crippen molar-refractivity contribution in [3.05, 3.63) is 69.2 Å². The highest BCUT2D eigenvalue weighted by Gasteiger charge is 2.19. The summed E-state index contributed by atoms with van der Waals surface area (Å²) in [5.74, 6) is 1.01. The highest BCUT2D eigenvalue weighted by molar-refractivity contribution is 6.31. The molecule has 0 unspecified atom stereocenters. The number of halogens is 1. The number of fused-ring (bicyclic) bond motifs is 3. The lowest BCUT2D eigenvalue weighted by Gasteiger charge is -2.13. The molecular formula is C23H23ClN4O4. The van der Waals surface area contributed by atoms with Crippen LogP contribution >= 0.6 is 11.6 Å². The highest BCUT2D eigenvalue weighted by Crippen LogP contribution is 2.24. The van der Waals surface area contributed by atoms with E-state index in [1.54, 1.807) is 27.2 Å². The lowest BCUT2D eigenvalue weighted by Crippen LogP contribution is -2.24. The molecule has 9 heteroatoms. The second-order valence-electron chi connectivity index (χ2n) is 7.83. The Hall–Kier alpha value is -3.39. The smallest absolute Gasteiger partial charge is 0.342 e. The number of ether oxygens (including phenoxy) is 2. The SMILES string of the molecule is COc1ccc(Cl)cc1C(=O)OCc1nnc2n(CCC(C)C)c(=O)c3ccccc3n12. The van der Waals surface area contributed by atoms with Gasteiger partial charge >= 0.3 is 5.97 Å². The summed E-state index contributed by atoms with van der Waals surface area (Å²) >= 11 is 6.02. The summed E-state index contributed by atoms with van der Waals surface area (Å²) in [6.07, 6.45) is 0.819. The van der Waals surface area contributed by atoms with Crippen molar-refractivity contribution >= 4 is 34.3 Å². The number of hydrogen-bond acceptors (Lipinski definition) is 6. The third-order valence-corrected chi connectivity index (χ3v) is 5.45. The van der Waals surface area contributed by atoms with Gasteiger partial charge in [-0.15, -0.1) is 10.2 Å². The normalized spacial score (nSPS) is 11.4. The molecule has 0 amide bonds. The first kappa shape index (κ1) is 21.8. The number of methoxy groups -OCH3 is 1. The zero-order valence-corrected chi connectivity index (χ0v) is 18.8. The van der Waals surface area contributed by atoms with Crippen LogP contribution in [0.1, 0.15) is 36.5 Å². The van der Waals surface area contributed by atoms with Gasteiger partial charge in [0.25, 0.3) is 5.56 Å². The number of carbonyl (C=O) groups is 1. The van der Waals surface area contributed by atoms with Crippen LogP contribution in [0.25, 0.3) is 16.7 Å². The Morgan fingerprint density at radius 1 is 1.16 bits per heavy atom. The van der Waals surface area contributed by atoms with Crippen LogP contribution in [-0.4, -0.2) is 32.2 Å². The van der Waals surface area contributed by atoms with Crippen LogP contribution in [0.15, 0.2) is 47.3 Å². The maximum atomic E-state index is 13.1. The number of rotatable bonds is 7. The molecule has 2 heterocycles. The van der Waals surface area contributed by atoms with E-state index in [2.05, 4.69) is 24.0 Å². The largest absolute Gasteiger partial charge is 0.496 e. The average molecular weight is 455 g/mol. The highest BCUT2D eigenvalue weighted by atomic mass is 35.5. The van der Waals surface area contributed by atoms with Gasteiger partial charge in [0.2, 0.25) is 5.78 Å². The number of benzene rings is 2. The summed E-state index contributed by atoms with van der Waals surface area (Å²) in [5.41, 5.74) is 0.755.